The van der Waals surface area contributed by atoms with Crippen LogP contribution in [0.1, 0.15) is 36.6 Å². The van der Waals surface area contributed by atoms with Crippen molar-refractivity contribution in [1.29, 1.82) is 0 Å². The Labute approximate surface area is 146 Å². The number of piperidine rings is 1. The van der Waals surface area contributed by atoms with Crippen LogP contribution in [-0.2, 0) is 11.3 Å². The topological polar surface area (TPSA) is 65.7 Å². The Hall–Kier alpha value is -2.18. The molecule has 134 valence electrons. The SMILES string of the molecule is O=C(NC(CO)c1ccco1)C1CCCCN1Cc1ccc(F)cc1. The van der Waals surface area contributed by atoms with E-state index in [1.165, 1.54) is 18.4 Å². The molecule has 1 saturated heterocycles. The fraction of sp³-hybridized carbons (Fsp3) is 0.421. The maximum Gasteiger partial charge on any atom is 0.238 e. The van der Waals surface area contributed by atoms with Crippen LogP contribution in [0.15, 0.2) is 47.1 Å². The van der Waals surface area contributed by atoms with E-state index >= 15 is 0 Å². The monoisotopic (exact) mass is 346 g/mol. The van der Waals surface area contributed by atoms with E-state index in [1.807, 2.05) is 0 Å². The van der Waals surface area contributed by atoms with Gasteiger partial charge in [0.1, 0.15) is 17.6 Å². The molecule has 2 unspecified atom stereocenters. The third-order valence-electron chi connectivity index (χ3n) is 4.60. The van der Waals surface area contributed by atoms with Crippen molar-refractivity contribution in [2.75, 3.05) is 13.2 Å². The van der Waals surface area contributed by atoms with Gasteiger partial charge in [0, 0.05) is 6.54 Å². The number of benzene rings is 1. The molecule has 1 fully saturated rings. The molecule has 1 aliphatic heterocycles. The number of carbonyl (C=O) groups is 1. The van der Waals surface area contributed by atoms with E-state index in [0.29, 0.717) is 12.3 Å². The molecule has 2 aromatic rings. The van der Waals surface area contributed by atoms with E-state index in [1.54, 1.807) is 24.3 Å². The molecule has 0 spiro atoms. The minimum atomic E-state index is -0.544. The average Bonchev–Trinajstić information content (AvgIpc) is 3.16. The highest BCUT2D eigenvalue weighted by molar-refractivity contribution is 5.82. The third kappa shape index (κ3) is 4.46. The van der Waals surface area contributed by atoms with Crippen LogP contribution in [0, 0.1) is 5.82 Å². The van der Waals surface area contributed by atoms with Gasteiger partial charge in [0.05, 0.1) is 18.9 Å². The number of hydrogen-bond donors (Lipinski definition) is 2. The van der Waals surface area contributed by atoms with Crippen LogP contribution in [0.3, 0.4) is 0 Å². The van der Waals surface area contributed by atoms with Gasteiger partial charge in [-0.2, -0.15) is 0 Å². The highest BCUT2D eigenvalue weighted by Crippen LogP contribution is 2.21. The Bertz CT molecular complexity index is 672. The van der Waals surface area contributed by atoms with Gasteiger partial charge < -0.3 is 14.8 Å². The number of hydrogen-bond acceptors (Lipinski definition) is 4. The van der Waals surface area contributed by atoms with Crippen molar-refractivity contribution >= 4 is 5.91 Å². The van der Waals surface area contributed by atoms with Crippen molar-refractivity contribution < 1.29 is 18.7 Å². The summed E-state index contributed by atoms with van der Waals surface area (Å²) in [5, 5.41) is 12.4. The van der Waals surface area contributed by atoms with Crippen LogP contribution in [0.5, 0.6) is 0 Å². The molecule has 2 N–H and O–H groups in total. The molecule has 1 aromatic carbocycles. The number of amides is 1. The number of halogens is 1. The first-order chi connectivity index (χ1) is 12.2. The van der Waals surface area contributed by atoms with Crippen LogP contribution in [0.25, 0.3) is 0 Å². The number of nitrogens with zero attached hydrogens (tertiary/aromatic N) is 1. The zero-order valence-electron chi connectivity index (χ0n) is 14.0. The molecule has 1 aliphatic rings. The van der Waals surface area contributed by atoms with Gasteiger partial charge >= 0.3 is 0 Å². The number of likely N-dealkylation sites (tertiary alicyclic amines) is 1. The third-order valence-corrected chi connectivity index (χ3v) is 4.60. The largest absolute Gasteiger partial charge is 0.467 e. The minimum absolute atomic E-state index is 0.114. The molecule has 1 amide bonds. The number of furan rings is 1. The van der Waals surface area contributed by atoms with Crippen molar-refractivity contribution in [3.05, 3.63) is 59.8 Å². The summed E-state index contributed by atoms with van der Waals surface area (Å²) >= 11 is 0. The summed E-state index contributed by atoms with van der Waals surface area (Å²) in [5.74, 6) is 0.162. The number of carbonyl (C=O) groups excluding carboxylic acids is 1. The van der Waals surface area contributed by atoms with Gasteiger partial charge in [-0.15, -0.1) is 0 Å². The lowest BCUT2D eigenvalue weighted by atomic mass is 10.00. The van der Waals surface area contributed by atoms with Crippen LogP contribution in [0.2, 0.25) is 0 Å². The lowest BCUT2D eigenvalue weighted by molar-refractivity contribution is -0.129. The zero-order chi connectivity index (χ0) is 17.6. The molecular weight excluding hydrogens is 323 g/mol. The fourth-order valence-electron chi connectivity index (χ4n) is 3.27. The molecule has 2 atom stereocenters. The molecular formula is C19H23FN2O3. The highest BCUT2D eigenvalue weighted by Gasteiger charge is 2.30. The molecule has 0 radical (unpaired) electrons. The van der Waals surface area contributed by atoms with Gasteiger partial charge in [0.25, 0.3) is 0 Å². The van der Waals surface area contributed by atoms with Gasteiger partial charge in [-0.1, -0.05) is 18.6 Å². The van der Waals surface area contributed by atoms with Crippen LogP contribution in [0.4, 0.5) is 4.39 Å². The molecule has 6 heteroatoms. The van der Waals surface area contributed by atoms with Crippen molar-refractivity contribution in [2.24, 2.45) is 0 Å². The maximum absolute atomic E-state index is 13.1. The fourth-order valence-corrected chi connectivity index (χ4v) is 3.27. The first kappa shape index (κ1) is 17.6. The first-order valence-corrected chi connectivity index (χ1v) is 8.60. The van der Waals surface area contributed by atoms with Gasteiger partial charge in [-0.25, -0.2) is 4.39 Å². The van der Waals surface area contributed by atoms with Crippen molar-refractivity contribution in [1.82, 2.24) is 10.2 Å². The summed E-state index contributed by atoms with van der Waals surface area (Å²) in [6.45, 7) is 1.20. The zero-order valence-corrected chi connectivity index (χ0v) is 14.0. The lowest BCUT2D eigenvalue weighted by Gasteiger charge is -2.35. The second-order valence-electron chi connectivity index (χ2n) is 6.37. The van der Waals surface area contributed by atoms with Gasteiger partial charge in [-0.05, 0) is 49.2 Å². The van der Waals surface area contributed by atoms with Crippen molar-refractivity contribution in [3.8, 4) is 0 Å². The number of rotatable bonds is 6. The first-order valence-electron chi connectivity index (χ1n) is 8.60. The van der Waals surface area contributed by atoms with Gasteiger partial charge in [0.2, 0.25) is 5.91 Å². The van der Waals surface area contributed by atoms with Crippen LogP contribution < -0.4 is 5.32 Å². The Morgan fingerprint density at radius 3 is 2.80 bits per heavy atom. The molecule has 0 saturated carbocycles. The Balaban J connectivity index is 1.67. The number of nitrogens with one attached hydrogen (secondary N) is 1. The number of aliphatic hydroxyl groups excluding tert-OH is 1. The quantitative estimate of drug-likeness (QED) is 0.844. The molecule has 3 rings (SSSR count). The molecule has 1 aromatic heterocycles. The molecule has 25 heavy (non-hydrogen) atoms. The minimum Gasteiger partial charge on any atom is -0.467 e. The normalized spacial score (nSPS) is 19.5. The van der Waals surface area contributed by atoms with Gasteiger partial charge in [0.15, 0.2) is 0 Å². The summed E-state index contributed by atoms with van der Waals surface area (Å²) in [7, 11) is 0. The molecule has 5 nitrogen and oxygen atoms in total. The molecule has 2 heterocycles. The van der Waals surface area contributed by atoms with E-state index < -0.39 is 6.04 Å². The highest BCUT2D eigenvalue weighted by atomic mass is 19.1. The van der Waals surface area contributed by atoms with E-state index in [9.17, 15) is 14.3 Å². The smallest absolute Gasteiger partial charge is 0.238 e. The Kier molecular flexibility index (Phi) is 5.83. The van der Waals surface area contributed by atoms with E-state index in [4.69, 9.17) is 4.42 Å². The van der Waals surface area contributed by atoms with E-state index in [-0.39, 0.29) is 24.4 Å². The van der Waals surface area contributed by atoms with Crippen LogP contribution in [-0.4, -0.2) is 35.1 Å². The summed E-state index contributed by atoms with van der Waals surface area (Å²) in [4.78, 5) is 14.9. The van der Waals surface area contributed by atoms with Crippen molar-refractivity contribution in [3.63, 3.8) is 0 Å². The maximum atomic E-state index is 13.1. The Morgan fingerprint density at radius 2 is 2.12 bits per heavy atom. The summed E-state index contributed by atoms with van der Waals surface area (Å²) in [5.41, 5.74) is 0.978. The average molecular weight is 346 g/mol. The summed E-state index contributed by atoms with van der Waals surface area (Å²) in [6, 6.07) is 9.03. The van der Waals surface area contributed by atoms with E-state index in [2.05, 4.69) is 10.2 Å². The molecule has 0 bridgehead atoms. The predicted molar refractivity (Wildman–Crippen MR) is 91.1 cm³/mol. The molecule has 0 aliphatic carbocycles. The Morgan fingerprint density at radius 1 is 1.32 bits per heavy atom. The summed E-state index contributed by atoms with van der Waals surface area (Å²) < 4.78 is 18.4. The second kappa shape index (κ2) is 8.27. The summed E-state index contributed by atoms with van der Waals surface area (Å²) in [6.07, 6.45) is 4.31. The van der Waals surface area contributed by atoms with Gasteiger partial charge in [-0.3, -0.25) is 9.69 Å². The standard InChI is InChI=1S/C19H23FN2O3/c20-15-8-6-14(7-9-15)12-22-10-2-1-4-17(22)19(24)21-16(13-23)18-5-3-11-25-18/h3,5-9,11,16-17,23H,1-2,4,10,12-13H2,(H,21,24). The number of aliphatic hydroxyl groups is 1. The second-order valence-corrected chi connectivity index (χ2v) is 6.37. The van der Waals surface area contributed by atoms with E-state index in [0.717, 1.165) is 31.4 Å². The van der Waals surface area contributed by atoms with Crippen LogP contribution >= 0.6 is 0 Å². The predicted octanol–water partition coefficient (Wildman–Crippen LogP) is 2.62. The van der Waals surface area contributed by atoms with Crippen molar-refractivity contribution in [2.45, 2.75) is 37.9 Å². The lowest BCUT2D eigenvalue weighted by Crippen LogP contribution is -2.50.